The van der Waals surface area contributed by atoms with E-state index in [9.17, 15) is 10.2 Å². The number of pyridine rings is 2. The van der Waals surface area contributed by atoms with Crippen LogP contribution in [0.3, 0.4) is 0 Å². The van der Waals surface area contributed by atoms with Gasteiger partial charge >= 0.3 is 17.1 Å². The zero-order chi connectivity index (χ0) is 34.1. The summed E-state index contributed by atoms with van der Waals surface area (Å²) in [6.45, 7) is 6.70. The van der Waals surface area contributed by atoms with Crippen molar-refractivity contribution in [2.75, 3.05) is 14.2 Å². The number of phenolic OH excluding ortho intramolecular Hbond substituents is 2. The molecule has 2 aromatic carbocycles. The Hall–Kier alpha value is -5.39. The Balaban J connectivity index is 0.00000134. The van der Waals surface area contributed by atoms with Gasteiger partial charge in [0.25, 0.3) is 0 Å². The summed E-state index contributed by atoms with van der Waals surface area (Å²) in [5, 5.41) is 47.9. The van der Waals surface area contributed by atoms with Gasteiger partial charge in [-0.25, -0.2) is 9.97 Å². The second kappa shape index (κ2) is 20.5. The number of ether oxygens (including phenoxy) is 2. The van der Waals surface area contributed by atoms with Gasteiger partial charge in [0.05, 0.1) is 37.0 Å². The van der Waals surface area contributed by atoms with Gasteiger partial charge in [-0.2, -0.15) is 0 Å². The number of aromatic nitrogens is 2. The number of para-hydroxylation sites is 1. The molecule has 0 fully saturated rings. The van der Waals surface area contributed by atoms with Crippen LogP contribution < -0.4 is 24.8 Å². The number of allylic oxidation sites excluding steroid dienone is 1. The zero-order valence-corrected chi connectivity index (χ0v) is 27.0. The monoisotopic (exact) mass is 672 g/mol. The van der Waals surface area contributed by atoms with Crippen molar-refractivity contribution in [2.24, 2.45) is 0 Å². The van der Waals surface area contributed by atoms with Crippen molar-refractivity contribution in [3.8, 4) is 56.9 Å². The average molecular weight is 673 g/mol. The van der Waals surface area contributed by atoms with E-state index in [1.807, 2.05) is 42.5 Å². The van der Waals surface area contributed by atoms with E-state index in [1.54, 1.807) is 30.3 Å². The number of nitrogens with zero attached hydrogens (tertiary/aromatic N) is 2. The topological polar surface area (TPSA) is 205 Å². The molecule has 0 aliphatic rings. The predicted octanol–water partition coefficient (Wildman–Crippen LogP) is 1.90. The summed E-state index contributed by atoms with van der Waals surface area (Å²) in [5.41, 5.74) is 4.52. The van der Waals surface area contributed by atoms with Crippen molar-refractivity contribution in [3.63, 3.8) is 0 Å². The summed E-state index contributed by atoms with van der Waals surface area (Å²) >= 11 is 0. The number of carboxylic acids is 3. The molecule has 2 N–H and O–H groups in total. The van der Waals surface area contributed by atoms with E-state index >= 15 is 0 Å². The molecule has 0 radical (unpaired) electrons. The van der Waals surface area contributed by atoms with Gasteiger partial charge in [-0.1, -0.05) is 24.3 Å². The molecule has 0 saturated heterocycles. The molecule has 0 atom stereocenters. The van der Waals surface area contributed by atoms with E-state index < -0.39 is 17.9 Å². The van der Waals surface area contributed by atoms with Crippen molar-refractivity contribution >= 4 is 17.9 Å². The minimum absolute atomic E-state index is 0. The van der Waals surface area contributed by atoms with Crippen molar-refractivity contribution in [3.05, 3.63) is 84.9 Å². The molecule has 46 heavy (non-hydrogen) atoms. The van der Waals surface area contributed by atoms with Crippen LogP contribution in [0, 0.1) is 0 Å². The molecule has 12 nitrogen and oxygen atoms in total. The SMILES string of the molecule is C=CCc1cc(OC)c(O)c(-c2cccc(-c3cccc(-c4cccc(OC)c4O)n3)n2)c1.CC(=O)[O-].CC(=O)[O-].CC(=O)[O-].[Mn+3]. The van der Waals surface area contributed by atoms with Gasteiger partial charge in [-0.05, 0) is 81.3 Å². The molecule has 0 amide bonds. The van der Waals surface area contributed by atoms with E-state index in [0.717, 1.165) is 26.3 Å². The first-order valence-corrected chi connectivity index (χ1v) is 13.1. The molecule has 0 aliphatic heterocycles. The maximum Gasteiger partial charge on any atom is 3.00 e. The van der Waals surface area contributed by atoms with Gasteiger partial charge in [0.2, 0.25) is 0 Å². The van der Waals surface area contributed by atoms with E-state index in [0.29, 0.717) is 51.8 Å². The van der Waals surface area contributed by atoms with Crippen LogP contribution in [-0.2, 0) is 37.9 Å². The molecule has 0 spiro atoms. The fourth-order valence-electron chi connectivity index (χ4n) is 3.65. The number of carbonyl (C=O) groups is 3. The van der Waals surface area contributed by atoms with Crippen molar-refractivity contribution in [1.82, 2.24) is 9.97 Å². The van der Waals surface area contributed by atoms with Gasteiger partial charge in [0.15, 0.2) is 23.0 Å². The van der Waals surface area contributed by atoms with E-state index in [4.69, 9.17) is 49.1 Å². The molecule has 4 aromatic rings. The standard InChI is InChI=1S/C27H24N2O4.3C2H4O2.Mn/c1-4-8-17-15-19(27(31)25(16-17)33-3)21-11-7-13-23(29-21)22-12-6-10-20(28-22)18-9-5-14-24(32-2)26(18)30;3*1-2(3)4;/h4-7,9-16,30-31H,1,8H2,2-3H3;3*1H3,(H,3,4);/q;;;;+3/p-3. The van der Waals surface area contributed by atoms with Gasteiger partial charge < -0.3 is 49.4 Å². The van der Waals surface area contributed by atoms with Crippen LogP contribution in [0.15, 0.2) is 79.4 Å². The third kappa shape index (κ3) is 13.5. The van der Waals surface area contributed by atoms with E-state index in [-0.39, 0.29) is 28.6 Å². The van der Waals surface area contributed by atoms with Crippen molar-refractivity contribution < 1.29 is 66.5 Å². The first kappa shape index (κ1) is 40.6. The molecule has 0 aliphatic carbocycles. The van der Waals surface area contributed by atoms with Crippen molar-refractivity contribution in [1.29, 1.82) is 0 Å². The Bertz CT molecular complexity index is 1590. The third-order valence-electron chi connectivity index (χ3n) is 5.27. The van der Waals surface area contributed by atoms with Gasteiger partial charge in [-0.15, -0.1) is 6.58 Å². The Morgan fingerprint density at radius 2 is 1.09 bits per heavy atom. The first-order chi connectivity index (χ1) is 21.2. The zero-order valence-electron chi connectivity index (χ0n) is 25.8. The number of phenols is 2. The van der Waals surface area contributed by atoms with Gasteiger partial charge in [0.1, 0.15) is 0 Å². The number of rotatable bonds is 7. The maximum atomic E-state index is 10.7. The summed E-state index contributed by atoms with van der Waals surface area (Å²) in [7, 11) is 3.02. The normalized spacial score (nSPS) is 9.24. The van der Waals surface area contributed by atoms with Crippen molar-refractivity contribution in [2.45, 2.75) is 27.2 Å². The molecular formula is C33H33MnN2O10. The molecular weight excluding hydrogens is 639 g/mol. The molecule has 0 bridgehead atoms. The van der Waals surface area contributed by atoms with Crippen LogP contribution >= 0.6 is 0 Å². The van der Waals surface area contributed by atoms with Crippen LogP contribution in [0.25, 0.3) is 33.9 Å². The Labute approximate surface area is 277 Å². The van der Waals surface area contributed by atoms with Crippen LogP contribution in [0.2, 0.25) is 0 Å². The summed E-state index contributed by atoms with van der Waals surface area (Å²) < 4.78 is 10.6. The fraction of sp³-hybridized carbons (Fsp3) is 0.182. The number of benzene rings is 2. The molecule has 4 rings (SSSR count). The summed E-state index contributed by atoms with van der Waals surface area (Å²) in [4.78, 5) is 36.1. The van der Waals surface area contributed by atoms with Crippen LogP contribution in [0.5, 0.6) is 23.0 Å². The average Bonchev–Trinajstić information content (AvgIpc) is 2.97. The van der Waals surface area contributed by atoms with E-state index in [1.165, 1.54) is 14.2 Å². The smallest absolute Gasteiger partial charge is 0.550 e. The Kier molecular flexibility index (Phi) is 18.1. The van der Waals surface area contributed by atoms with Crippen LogP contribution in [0.4, 0.5) is 0 Å². The molecule has 2 heterocycles. The second-order valence-electron chi connectivity index (χ2n) is 8.83. The predicted molar refractivity (Wildman–Crippen MR) is 161 cm³/mol. The Morgan fingerprint density at radius 3 is 1.52 bits per heavy atom. The van der Waals surface area contributed by atoms with Crippen LogP contribution in [0.1, 0.15) is 26.3 Å². The number of aromatic hydroxyl groups is 2. The van der Waals surface area contributed by atoms with Gasteiger partial charge in [0, 0.05) is 29.0 Å². The molecule has 0 unspecified atom stereocenters. The van der Waals surface area contributed by atoms with Crippen LogP contribution in [-0.4, -0.2) is 52.3 Å². The number of carbonyl (C=O) groups excluding carboxylic acids is 3. The molecule has 0 saturated carbocycles. The minimum Gasteiger partial charge on any atom is -0.550 e. The van der Waals surface area contributed by atoms with E-state index in [2.05, 4.69) is 6.58 Å². The number of aliphatic carboxylic acids is 3. The second-order valence-corrected chi connectivity index (χ2v) is 8.83. The van der Waals surface area contributed by atoms with Gasteiger partial charge in [-0.3, -0.25) is 0 Å². The molecule has 2 aromatic heterocycles. The Morgan fingerprint density at radius 1 is 0.696 bits per heavy atom. The quantitative estimate of drug-likeness (QED) is 0.213. The summed E-state index contributed by atoms with van der Waals surface area (Å²) in [6, 6.07) is 20.0. The maximum absolute atomic E-state index is 10.7. The largest absolute Gasteiger partial charge is 3.00 e. The number of hydrogen-bond donors (Lipinski definition) is 2. The minimum atomic E-state index is -1.08. The first-order valence-electron chi connectivity index (χ1n) is 13.1. The molecule has 242 valence electrons. The number of methoxy groups -OCH3 is 2. The third-order valence-corrected chi connectivity index (χ3v) is 5.27. The number of hydrogen-bond acceptors (Lipinski definition) is 12. The molecule has 13 heteroatoms. The number of carboxylic acid groups (broad SMARTS) is 3. The summed E-state index contributed by atoms with van der Waals surface area (Å²) in [6.07, 6.45) is 2.43. The summed E-state index contributed by atoms with van der Waals surface area (Å²) in [5.74, 6) is -2.44. The fourth-order valence-corrected chi connectivity index (χ4v) is 3.65.